The fourth-order valence-corrected chi connectivity index (χ4v) is 1.92. The first-order valence-electron chi connectivity index (χ1n) is 4.51. The van der Waals surface area contributed by atoms with Crippen molar-refractivity contribution in [3.63, 3.8) is 0 Å². The molecule has 0 aromatic carbocycles. The molecule has 0 aliphatic carbocycles. The van der Waals surface area contributed by atoms with Gasteiger partial charge in [-0.1, -0.05) is 17.7 Å². The topological polar surface area (TPSA) is 43.3 Å². The van der Waals surface area contributed by atoms with Crippen molar-refractivity contribution in [3.05, 3.63) is 40.2 Å². The molecule has 0 radical (unpaired) electrons. The largest absolute Gasteiger partial charge is 0.446 e. The molecule has 0 atom stereocenters. The van der Waals surface area contributed by atoms with Crippen LogP contribution in [0.5, 0.6) is 0 Å². The molecule has 0 aliphatic heterocycles. The van der Waals surface area contributed by atoms with E-state index in [2.05, 4.69) is 26.0 Å². The molecule has 4 nitrogen and oxygen atoms in total. The third kappa shape index (κ3) is 1.52. The monoisotopic (exact) mass is 297 g/mol. The smallest absolute Gasteiger partial charge is 0.218 e. The average Bonchev–Trinajstić information content (AvgIpc) is 2.84. The molecule has 3 heterocycles. The maximum absolute atomic E-state index is 5.98. The summed E-state index contributed by atoms with van der Waals surface area (Å²) in [6.45, 7) is 0. The summed E-state index contributed by atoms with van der Waals surface area (Å²) in [5.41, 5.74) is 0.690. The lowest BCUT2D eigenvalue weighted by Gasteiger charge is -1.91. The molecule has 3 rings (SSSR count). The first kappa shape index (κ1) is 9.86. The third-order valence-corrected chi connectivity index (χ3v) is 2.82. The van der Waals surface area contributed by atoms with E-state index in [1.807, 2.05) is 12.1 Å². The van der Waals surface area contributed by atoms with Crippen molar-refractivity contribution in [2.45, 2.75) is 0 Å². The van der Waals surface area contributed by atoms with Crippen LogP contribution in [0.4, 0.5) is 0 Å². The summed E-state index contributed by atoms with van der Waals surface area (Å²) < 4.78 is 7.58. The summed E-state index contributed by atoms with van der Waals surface area (Å²) in [5, 5.41) is 4.77. The predicted octanol–water partition coefficient (Wildman–Crippen LogP) is 3.41. The van der Waals surface area contributed by atoms with Crippen LogP contribution in [0.3, 0.4) is 0 Å². The molecule has 0 saturated heterocycles. The predicted molar refractivity (Wildman–Crippen MR) is 63.4 cm³/mol. The van der Waals surface area contributed by atoms with E-state index >= 15 is 0 Å². The van der Waals surface area contributed by atoms with Gasteiger partial charge in [-0.05, 0) is 40.2 Å². The molecular weight excluding hydrogens is 293 g/mol. The molecule has 0 fully saturated rings. The highest BCUT2D eigenvalue weighted by Crippen LogP contribution is 2.23. The molecule has 0 spiro atoms. The zero-order chi connectivity index (χ0) is 11.1. The van der Waals surface area contributed by atoms with E-state index in [4.69, 9.17) is 16.0 Å². The van der Waals surface area contributed by atoms with E-state index in [1.54, 1.807) is 22.7 Å². The van der Waals surface area contributed by atoms with Gasteiger partial charge in [0.2, 0.25) is 5.82 Å². The Labute approximate surface area is 104 Å². The van der Waals surface area contributed by atoms with Crippen molar-refractivity contribution in [1.29, 1.82) is 0 Å². The summed E-state index contributed by atoms with van der Waals surface area (Å²) in [4.78, 5) is 4.31. The minimum absolute atomic E-state index is 0.513. The Morgan fingerprint density at radius 3 is 2.81 bits per heavy atom. The van der Waals surface area contributed by atoms with E-state index < -0.39 is 0 Å². The maximum atomic E-state index is 5.98. The van der Waals surface area contributed by atoms with E-state index in [0.717, 1.165) is 0 Å². The van der Waals surface area contributed by atoms with Gasteiger partial charge in [0.25, 0.3) is 0 Å². The summed E-state index contributed by atoms with van der Waals surface area (Å²) in [6, 6.07) is 9.01. The molecule has 16 heavy (non-hydrogen) atoms. The molecule has 3 aromatic heterocycles. The van der Waals surface area contributed by atoms with Crippen molar-refractivity contribution >= 4 is 33.2 Å². The lowest BCUT2D eigenvalue weighted by Crippen LogP contribution is -1.87. The zero-order valence-corrected chi connectivity index (χ0v) is 10.2. The van der Waals surface area contributed by atoms with Gasteiger partial charge >= 0.3 is 0 Å². The zero-order valence-electron chi connectivity index (χ0n) is 7.89. The highest BCUT2D eigenvalue weighted by atomic mass is 79.9. The Balaban J connectivity index is 2.22. The first-order chi connectivity index (χ1) is 7.74. The van der Waals surface area contributed by atoms with Crippen molar-refractivity contribution < 1.29 is 4.42 Å². The first-order valence-corrected chi connectivity index (χ1v) is 5.68. The number of hydrogen-bond acceptors (Lipinski definition) is 3. The number of hydrogen-bond donors (Lipinski definition) is 0. The van der Waals surface area contributed by atoms with Gasteiger partial charge in [0.15, 0.2) is 16.1 Å². The Hall–Kier alpha value is -1.33. The van der Waals surface area contributed by atoms with E-state index in [0.29, 0.717) is 27.1 Å². The Bertz CT molecular complexity index is 661. The van der Waals surface area contributed by atoms with Gasteiger partial charge in [-0.3, -0.25) is 0 Å². The van der Waals surface area contributed by atoms with E-state index in [1.165, 1.54) is 0 Å². The molecule has 0 N–H and O–H groups in total. The standard InChI is InChI=1S/C10H5BrClN3O/c11-7-5-4-6(16-7)10-13-9-3-1-2-8(12)15(9)14-10/h1-5H. The minimum atomic E-state index is 0.513. The summed E-state index contributed by atoms with van der Waals surface area (Å²) in [6.07, 6.45) is 0. The average molecular weight is 299 g/mol. The molecule has 0 aliphatic rings. The lowest BCUT2D eigenvalue weighted by molar-refractivity contribution is 0.551. The number of furan rings is 1. The van der Waals surface area contributed by atoms with E-state index in [-0.39, 0.29) is 0 Å². The number of fused-ring (bicyclic) bond motifs is 1. The van der Waals surface area contributed by atoms with Crippen LogP contribution in [0.25, 0.3) is 17.2 Å². The van der Waals surface area contributed by atoms with E-state index in [9.17, 15) is 0 Å². The van der Waals surface area contributed by atoms with Crippen LogP contribution in [-0.2, 0) is 0 Å². The summed E-state index contributed by atoms with van der Waals surface area (Å²) in [7, 11) is 0. The van der Waals surface area contributed by atoms with Crippen LogP contribution >= 0.6 is 27.5 Å². The van der Waals surface area contributed by atoms with Gasteiger partial charge < -0.3 is 4.42 Å². The number of rotatable bonds is 1. The van der Waals surface area contributed by atoms with Crippen LogP contribution in [0.15, 0.2) is 39.4 Å². The quantitative estimate of drug-likeness (QED) is 0.647. The van der Waals surface area contributed by atoms with Crippen LogP contribution in [0.1, 0.15) is 0 Å². The second-order valence-electron chi connectivity index (χ2n) is 3.16. The molecule has 0 saturated carbocycles. The second kappa shape index (κ2) is 3.61. The second-order valence-corrected chi connectivity index (χ2v) is 4.33. The number of aromatic nitrogens is 3. The van der Waals surface area contributed by atoms with Gasteiger partial charge in [0, 0.05) is 0 Å². The highest BCUT2D eigenvalue weighted by molar-refractivity contribution is 9.10. The maximum Gasteiger partial charge on any atom is 0.218 e. The molecule has 0 unspecified atom stereocenters. The fourth-order valence-electron chi connectivity index (χ4n) is 1.41. The molecule has 0 amide bonds. The molecular formula is C10H5BrClN3O. The van der Waals surface area contributed by atoms with Gasteiger partial charge in [-0.15, -0.1) is 5.10 Å². The van der Waals surface area contributed by atoms with Crippen molar-refractivity contribution in [1.82, 2.24) is 14.6 Å². The Morgan fingerprint density at radius 1 is 1.25 bits per heavy atom. The normalized spacial score (nSPS) is 11.1. The Kier molecular flexibility index (Phi) is 2.22. The molecule has 80 valence electrons. The van der Waals surface area contributed by atoms with Gasteiger partial charge in [0.1, 0.15) is 5.15 Å². The van der Waals surface area contributed by atoms with Crippen LogP contribution in [0, 0.1) is 0 Å². The third-order valence-electron chi connectivity index (χ3n) is 2.11. The molecule has 0 bridgehead atoms. The minimum Gasteiger partial charge on any atom is -0.446 e. The van der Waals surface area contributed by atoms with Gasteiger partial charge in [-0.2, -0.15) is 0 Å². The number of pyridine rings is 1. The molecule has 3 aromatic rings. The van der Waals surface area contributed by atoms with Crippen molar-refractivity contribution in [3.8, 4) is 11.6 Å². The summed E-state index contributed by atoms with van der Waals surface area (Å²) >= 11 is 9.22. The van der Waals surface area contributed by atoms with Crippen molar-refractivity contribution in [2.75, 3.05) is 0 Å². The highest BCUT2D eigenvalue weighted by Gasteiger charge is 2.11. The van der Waals surface area contributed by atoms with Crippen LogP contribution in [-0.4, -0.2) is 14.6 Å². The van der Waals surface area contributed by atoms with Crippen LogP contribution in [0.2, 0.25) is 5.15 Å². The lowest BCUT2D eigenvalue weighted by atomic mass is 10.4. The fraction of sp³-hybridized carbons (Fsp3) is 0. The number of halogens is 2. The SMILES string of the molecule is Clc1cccc2nc(-c3ccc(Br)o3)nn12. The van der Waals surface area contributed by atoms with Crippen molar-refractivity contribution in [2.24, 2.45) is 0 Å². The number of nitrogens with zero attached hydrogens (tertiary/aromatic N) is 3. The van der Waals surface area contributed by atoms with Crippen LogP contribution < -0.4 is 0 Å². The van der Waals surface area contributed by atoms with Gasteiger partial charge in [0.05, 0.1) is 0 Å². The summed E-state index contributed by atoms with van der Waals surface area (Å²) in [5.74, 6) is 1.12. The Morgan fingerprint density at radius 2 is 2.12 bits per heavy atom. The molecule has 6 heteroatoms. The van der Waals surface area contributed by atoms with Gasteiger partial charge in [-0.25, -0.2) is 9.50 Å².